The van der Waals surface area contributed by atoms with E-state index in [0.29, 0.717) is 28.2 Å². The van der Waals surface area contributed by atoms with Crippen molar-refractivity contribution in [3.8, 4) is 11.5 Å². The maximum absolute atomic E-state index is 13.1. The van der Waals surface area contributed by atoms with Gasteiger partial charge in [-0.1, -0.05) is 37.7 Å². The number of amides is 2. The monoisotopic (exact) mass is 452 g/mol. The first-order valence-corrected chi connectivity index (χ1v) is 11.2. The van der Waals surface area contributed by atoms with Crippen LogP contribution in [0.2, 0.25) is 0 Å². The Kier molecular flexibility index (Phi) is 6.18. The lowest BCUT2D eigenvalue weighted by molar-refractivity contribution is -0.125. The van der Waals surface area contributed by atoms with Crippen LogP contribution in [0.3, 0.4) is 0 Å². The normalized spacial score (nSPS) is 16.8. The lowest BCUT2D eigenvalue weighted by Gasteiger charge is -2.25. The zero-order valence-electron chi connectivity index (χ0n) is 18.3. The summed E-state index contributed by atoms with van der Waals surface area (Å²) in [6.07, 6.45) is 0. The summed E-state index contributed by atoms with van der Waals surface area (Å²) in [6, 6.07) is 12.3. The highest BCUT2D eigenvalue weighted by atomic mass is 32.2. The molecule has 2 heterocycles. The van der Waals surface area contributed by atoms with Gasteiger partial charge in [0.2, 0.25) is 5.91 Å². The van der Waals surface area contributed by atoms with Gasteiger partial charge in [0.05, 0.1) is 25.7 Å². The minimum absolute atomic E-state index is 0.0605. The van der Waals surface area contributed by atoms with Gasteiger partial charge >= 0.3 is 0 Å². The molecule has 0 spiro atoms. The SMILES string of the molecule is COc1cc(NC(=O)CSC2=Nc3ccccc3C3=NC(C(C)C)C(=O)N23)cc(OC)c1. The van der Waals surface area contributed by atoms with Crippen molar-refractivity contribution in [2.75, 3.05) is 25.3 Å². The van der Waals surface area contributed by atoms with Gasteiger partial charge in [-0.15, -0.1) is 0 Å². The van der Waals surface area contributed by atoms with Crippen LogP contribution in [-0.4, -0.2) is 53.7 Å². The van der Waals surface area contributed by atoms with Gasteiger partial charge in [-0.25, -0.2) is 9.89 Å². The Labute approximate surface area is 190 Å². The van der Waals surface area contributed by atoms with Crippen LogP contribution < -0.4 is 14.8 Å². The molecule has 0 fully saturated rings. The molecule has 0 aliphatic carbocycles. The number of methoxy groups -OCH3 is 2. The summed E-state index contributed by atoms with van der Waals surface area (Å²) in [5.41, 5.74) is 2.11. The largest absolute Gasteiger partial charge is 0.497 e. The molecule has 2 aromatic rings. The number of fused-ring (bicyclic) bond motifs is 3. The number of anilines is 1. The second kappa shape index (κ2) is 9.04. The number of para-hydroxylation sites is 1. The molecule has 0 saturated carbocycles. The van der Waals surface area contributed by atoms with E-state index in [1.165, 1.54) is 11.8 Å². The number of carbonyl (C=O) groups excluding carboxylic acids is 2. The van der Waals surface area contributed by atoms with Crippen LogP contribution in [0, 0.1) is 5.92 Å². The van der Waals surface area contributed by atoms with E-state index in [0.717, 1.165) is 11.3 Å². The van der Waals surface area contributed by atoms with E-state index in [2.05, 4.69) is 15.3 Å². The van der Waals surface area contributed by atoms with E-state index >= 15 is 0 Å². The standard InChI is InChI=1S/C23H24N4O4S/c1-13(2)20-22(29)27-21(26-20)17-7-5-6-8-18(17)25-23(27)32-12-19(28)24-14-9-15(30-3)11-16(10-14)31-4/h5-11,13,20H,12H2,1-4H3,(H,24,28). The van der Waals surface area contributed by atoms with E-state index in [1.54, 1.807) is 37.3 Å². The number of ether oxygens (including phenoxy) is 2. The molecule has 2 aliphatic rings. The summed E-state index contributed by atoms with van der Waals surface area (Å²) in [4.78, 5) is 36.6. The zero-order chi connectivity index (χ0) is 22.8. The minimum Gasteiger partial charge on any atom is -0.497 e. The van der Waals surface area contributed by atoms with Crippen molar-refractivity contribution in [3.05, 3.63) is 48.0 Å². The van der Waals surface area contributed by atoms with Crippen LogP contribution in [0.4, 0.5) is 11.4 Å². The molecule has 2 aliphatic heterocycles. The maximum atomic E-state index is 13.1. The van der Waals surface area contributed by atoms with Crippen molar-refractivity contribution in [2.45, 2.75) is 19.9 Å². The Hall–Kier alpha value is -3.33. The van der Waals surface area contributed by atoms with Crippen molar-refractivity contribution in [2.24, 2.45) is 15.9 Å². The summed E-state index contributed by atoms with van der Waals surface area (Å²) in [5, 5.41) is 3.29. The Morgan fingerprint density at radius 3 is 2.50 bits per heavy atom. The first-order valence-electron chi connectivity index (χ1n) is 10.2. The maximum Gasteiger partial charge on any atom is 0.259 e. The molecule has 2 aromatic carbocycles. The van der Waals surface area contributed by atoms with Gasteiger partial charge in [0.25, 0.3) is 5.91 Å². The van der Waals surface area contributed by atoms with Crippen molar-refractivity contribution >= 4 is 46.0 Å². The van der Waals surface area contributed by atoms with Gasteiger partial charge in [0.1, 0.15) is 23.4 Å². The molecule has 32 heavy (non-hydrogen) atoms. The number of nitrogens with zero attached hydrogens (tertiary/aromatic N) is 3. The molecule has 8 nitrogen and oxygen atoms in total. The predicted molar refractivity (Wildman–Crippen MR) is 126 cm³/mol. The van der Waals surface area contributed by atoms with Gasteiger partial charge in [-0.3, -0.25) is 14.6 Å². The first-order chi connectivity index (χ1) is 15.4. The van der Waals surface area contributed by atoms with Crippen LogP contribution in [0.15, 0.2) is 52.4 Å². The smallest absolute Gasteiger partial charge is 0.259 e. The van der Waals surface area contributed by atoms with Crippen molar-refractivity contribution < 1.29 is 19.1 Å². The predicted octanol–water partition coefficient (Wildman–Crippen LogP) is 3.69. The zero-order valence-corrected chi connectivity index (χ0v) is 19.1. The van der Waals surface area contributed by atoms with Crippen molar-refractivity contribution in [3.63, 3.8) is 0 Å². The third kappa shape index (κ3) is 4.20. The number of carbonyl (C=O) groups is 2. The summed E-state index contributed by atoms with van der Waals surface area (Å²) >= 11 is 1.20. The molecule has 166 valence electrons. The molecule has 1 atom stereocenters. The number of aliphatic imine (C=N–C) groups is 2. The van der Waals surface area contributed by atoms with Crippen LogP contribution in [0.5, 0.6) is 11.5 Å². The number of amidine groups is 2. The molecule has 2 amide bonds. The Balaban J connectivity index is 1.53. The fourth-order valence-electron chi connectivity index (χ4n) is 3.51. The van der Waals surface area contributed by atoms with E-state index in [4.69, 9.17) is 9.47 Å². The molecule has 1 unspecified atom stereocenters. The summed E-state index contributed by atoms with van der Waals surface area (Å²) < 4.78 is 10.5. The number of nitrogens with one attached hydrogen (secondary N) is 1. The number of thioether (sulfide) groups is 1. The van der Waals surface area contributed by atoms with Crippen molar-refractivity contribution in [1.29, 1.82) is 0 Å². The topological polar surface area (TPSA) is 92.6 Å². The van der Waals surface area contributed by atoms with E-state index in [9.17, 15) is 9.59 Å². The first kappa shape index (κ1) is 21.9. The molecule has 0 bridgehead atoms. The van der Waals surface area contributed by atoms with Crippen LogP contribution in [0.25, 0.3) is 0 Å². The third-order valence-corrected chi connectivity index (χ3v) is 6.04. The molecular weight excluding hydrogens is 428 g/mol. The number of hydrogen-bond donors (Lipinski definition) is 1. The van der Waals surface area contributed by atoms with Gasteiger partial charge < -0.3 is 14.8 Å². The van der Waals surface area contributed by atoms with Gasteiger partial charge in [0.15, 0.2) is 5.17 Å². The van der Waals surface area contributed by atoms with Gasteiger partial charge in [-0.2, -0.15) is 0 Å². The molecule has 0 aromatic heterocycles. The number of rotatable bonds is 6. The van der Waals surface area contributed by atoms with Crippen LogP contribution >= 0.6 is 11.8 Å². The second-order valence-corrected chi connectivity index (χ2v) is 8.61. The molecule has 0 saturated heterocycles. The fraction of sp³-hybridized carbons (Fsp3) is 0.304. The molecule has 4 rings (SSSR count). The molecule has 1 N–H and O–H groups in total. The quantitative estimate of drug-likeness (QED) is 0.722. The average molecular weight is 453 g/mol. The minimum atomic E-state index is -0.458. The lowest BCUT2D eigenvalue weighted by atomic mass is 10.1. The molecule has 9 heteroatoms. The van der Waals surface area contributed by atoms with E-state index < -0.39 is 6.04 Å². The summed E-state index contributed by atoms with van der Waals surface area (Å²) in [6.45, 7) is 3.94. The van der Waals surface area contributed by atoms with Gasteiger partial charge in [-0.05, 0) is 18.1 Å². The Morgan fingerprint density at radius 1 is 1.16 bits per heavy atom. The van der Waals surface area contributed by atoms with Gasteiger partial charge in [0, 0.05) is 29.4 Å². The van der Waals surface area contributed by atoms with Crippen molar-refractivity contribution in [1.82, 2.24) is 4.90 Å². The highest BCUT2D eigenvalue weighted by Crippen LogP contribution is 2.35. The Bertz CT molecular complexity index is 1110. The fourth-order valence-corrected chi connectivity index (χ4v) is 4.31. The summed E-state index contributed by atoms with van der Waals surface area (Å²) in [7, 11) is 3.10. The highest BCUT2D eigenvalue weighted by Gasteiger charge is 2.42. The lowest BCUT2D eigenvalue weighted by Crippen LogP contribution is -2.42. The highest BCUT2D eigenvalue weighted by molar-refractivity contribution is 8.14. The summed E-state index contributed by atoms with van der Waals surface area (Å²) in [5.74, 6) is 1.52. The Morgan fingerprint density at radius 2 is 1.84 bits per heavy atom. The second-order valence-electron chi connectivity index (χ2n) is 7.66. The molecular formula is C23H24N4O4S. The molecule has 0 radical (unpaired) electrons. The number of hydrogen-bond acceptors (Lipinski definition) is 7. The van der Waals surface area contributed by atoms with Crippen LogP contribution in [-0.2, 0) is 9.59 Å². The van der Waals surface area contributed by atoms with Crippen LogP contribution in [0.1, 0.15) is 19.4 Å². The third-order valence-electron chi connectivity index (χ3n) is 5.10. The average Bonchev–Trinajstić information content (AvgIpc) is 3.15. The number of benzene rings is 2. The van der Waals surface area contributed by atoms with E-state index in [1.807, 2.05) is 38.1 Å². The van der Waals surface area contributed by atoms with E-state index in [-0.39, 0.29) is 23.5 Å².